The molecule has 4 rings (SSSR count). The minimum absolute atomic E-state index is 0.00812. The molecule has 0 fully saturated rings. The molecule has 1 aliphatic rings. The maximum absolute atomic E-state index is 12.9. The van der Waals surface area contributed by atoms with Crippen molar-refractivity contribution < 1.29 is 4.79 Å². The third-order valence-corrected chi connectivity index (χ3v) is 6.01. The normalized spacial score (nSPS) is 16.8. The fraction of sp³-hybridized carbons (Fsp3) is 0.360. The number of hydrogen-bond acceptors (Lipinski definition) is 2. The van der Waals surface area contributed by atoms with E-state index in [-0.39, 0.29) is 11.8 Å². The Labute approximate surface area is 173 Å². The van der Waals surface area contributed by atoms with Crippen LogP contribution in [-0.4, -0.2) is 15.5 Å². The number of aromatic nitrogens is 2. The summed E-state index contributed by atoms with van der Waals surface area (Å²) in [6.45, 7) is 4.94. The van der Waals surface area contributed by atoms with Crippen molar-refractivity contribution in [2.75, 3.05) is 0 Å². The van der Waals surface area contributed by atoms with Crippen molar-refractivity contribution in [1.82, 2.24) is 14.9 Å². The standard InChI is InChI=1S/C25H29N3O/c1-18-9-6-7-13-21(18)22(15-25(29)27-16-20-11-4-3-5-12-20)23-17-26-24-14-8-10-19(2)28(23)24/h3-7,9,11-13,17,19,22H,8,10,14-16H2,1-2H3,(H,27,29)/t19-,22+/m0/s1. The number of aryl methyl sites for hydroxylation is 2. The summed E-state index contributed by atoms with van der Waals surface area (Å²) < 4.78 is 2.38. The van der Waals surface area contributed by atoms with Crippen molar-refractivity contribution in [2.45, 2.75) is 58.0 Å². The van der Waals surface area contributed by atoms with Crippen molar-refractivity contribution in [3.63, 3.8) is 0 Å². The second-order valence-corrected chi connectivity index (χ2v) is 8.09. The van der Waals surface area contributed by atoms with Gasteiger partial charge in [-0.25, -0.2) is 4.98 Å². The summed E-state index contributed by atoms with van der Waals surface area (Å²) in [5, 5.41) is 3.10. The summed E-state index contributed by atoms with van der Waals surface area (Å²) >= 11 is 0. The highest BCUT2D eigenvalue weighted by Gasteiger charge is 2.28. The van der Waals surface area contributed by atoms with E-state index < -0.39 is 0 Å². The van der Waals surface area contributed by atoms with Crippen LogP contribution in [0.25, 0.3) is 0 Å². The zero-order chi connectivity index (χ0) is 20.2. The monoisotopic (exact) mass is 387 g/mol. The van der Waals surface area contributed by atoms with Gasteiger partial charge in [-0.3, -0.25) is 4.79 Å². The average molecular weight is 388 g/mol. The van der Waals surface area contributed by atoms with Crippen molar-refractivity contribution >= 4 is 5.91 Å². The summed E-state index contributed by atoms with van der Waals surface area (Å²) in [4.78, 5) is 17.6. The van der Waals surface area contributed by atoms with Gasteiger partial charge in [0.25, 0.3) is 0 Å². The Morgan fingerprint density at radius 3 is 2.72 bits per heavy atom. The molecule has 1 aromatic heterocycles. The van der Waals surface area contributed by atoms with Crippen LogP contribution in [0.3, 0.4) is 0 Å². The molecule has 1 amide bonds. The maximum atomic E-state index is 12.9. The molecule has 1 N–H and O–H groups in total. The summed E-state index contributed by atoms with van der Waals surface area (Å²) in [5.74, 6) is 1.23. The highest BCUT2D eigenvalue weighted by molar-refractivity contribution is 5.77. The number of hydrogen-bond donors (Lipinski definition) is 1. The van der Waals surface area contributed by atoms with Crippen molar-refractivity contribution in [2.24, 2.45) is 0 Å². The van der Waals surface area contributed by atoms with Gasteiger partial charge < -0.3 is 9.88 Å². The first-order valence-corrected chi connectivity index (χ1v) is 10.6. The van der Waals surface area contributed by atoms with Crippen LogP contribution < -0.4 is 5.32 Å². The number of nitrogens with one attached hydrogen (secondary N) is 1. The van der Waals surface area contributed by atoms with Crippen LogP contribution in [0.15, 0.2) is 60.8 Å². The third kappa shape index (κ3) is 4.26. The van der Waals surface area contributed by atoms with E-state index >= 15 is 0 Å². The maximum Gasteiger partial charge on any atom is 0.221 e. The van der Waals surface area contributed by atoms with Crippen LogP contribution in [0.4, 0.5) is 0 Å². The number of imidazole rings is 1. The topological polar surface area (TPSA) is 46.9 Å². The molecule has 0 unspecified atom stereocenters. The van der Waals surface area contributed by atoms with Crippen molar-refractivity contribution in [1.29, 1.82) is 0 Å². The van der Waals surface area contributed by atoms with Gasteiger partial charge in [0.2, 0.25) is 5.91 Å². The Hall–Kier alpha value is -2.88. The molecule has 4 heteroatoms. The van der Waals surface area contributed by atoms with E-state index in [0.717, 1.165) is 29.9 Å². The zero-order valence-corrected chi connectivity index (χ0v) is 17.3. The van der Waals surface area contributed by atoms with E-state index in [4.69, 9.17) is 4.98 Å². The number of rotatable bonds is 6. The number of benzene rings is 2. The largest absolute Gasteiger partial charge is 0.352 e. The molecule has 1 aliphatic heterocycles. The highest BCUT2D eigenvalue weighted by atomic mass is 16.1. The van der Waals surface area contributed by atoms with Gasteiger partial charge in [-0.05, 0) is 43.4 Å². The van der Waals surface area contributed by atoms with Gasteiger partial charge in [0, 0.05) is 43.2 Å². The SMILES string of the molecule is Cc1ccccc1[C@@H](CC(=O)NCc1ccccc1)c1cnc2n1[C@@H](C)CCC2. The molecule has 0 aliphatic carbocycles. The molecule has 2 atom stereocenters. The fourth-order valence-corrected chi connectivity index (χ4v) is 4.46. The molecule has 2 heterocycles. The zero-order valence-electron chi connectivity index (χ0n) is 17.3. The molecular weight excluding hydrogens is 358 g/mol. The first kappa shape index (κ1) is 19.4. The lowest BCUT2D eigenvalue weighted by Crippen LogP contribution is -2.27. The fourth-order valence-electron chi connectivity index (χ4n) is 4.46. The van der Waals surface area contributed by atoms with Crippen molar-refractivity contribution in [3.8, 4) is 0 Å². The van der Waals surface area contributed by atoms with Gasteiger partial charge >= 0.3 is 0 Å². The number of carbonyl (C=O) groups is 1. The predicted molar refractivity (Wildman–Crippen MR) is 116 cm³/mol. The second kappa shape index (κ2) is 8.64. The molecule has 0 saturated carbocycles. The van der Waals surface area contributed by atoms with Gasteiger partial charge in [-0.15, -0.1) is 0 Å². The smallest absolute Gasteiger partial charge is 0.221 e. The first-order valence-electron chi connectivity index (χ1n) is 10.6. The van der Waals surface area contributed by atoms with Gasteiger partial charge in [0.1, 0.15) is 5.82 Å². The lowest BCUT2D eigenvalue weighted by Gasteiger charge is -2.28. The molecule has 3 aromatic rings. The number of amides is 1. The van der Waals surface area contributed by atoms with Gasteiger partial charge in [-0.1, -0.05) is 54.6 Å². The van der Waals surface area contributed by atoms with Crippen LogP contribution in [-0.2, 0) is 17.8 Å². The molecule has 29 heavy (non-hydrogen) atoms. The summed E-state index contributed by atoms with van der Waals surface area (Å²) in [5.41, 5.74) is 4.70. The van der Waals surface area contributed by atoms with Crippen LogP contribution in [0, 0.1) is 6.92 Å². The summed E-state index contributed by atoms with van der Waals surface area (Å²) in [7, 11) is 0. The molecule has 0 bridgehead atoms. The van der Waals surface area contributed by atoms with E-state index in [2.05, 4.69) is 48.0 Å². The minimum Gasteiger partial charge on any atom is -0.352 e. The van der Waals surface area contributed by atoms with Gasteiger partial charge in [-0.2, -0.15) is 0 Å². The van der Waals surface area contributed by atoms with Crippen LogP contribution >= 0.6 is 0 Å². The highest BCUT2D eigenvalue weighted by Crippen LogP contribution is 2.35. The quantitative estimate of drug-likeness (QED) is 0.652. The first-order chi connectivity index (χ1) is 14.1. The predicted octanol–water partition coefficient (Wildman–Crippen LogP) is 4.93. The second-order valence-electron chi connectivity index (χ2n) is 8.09. The Kier molecular flexibility index (Phi) is 5.79. The third-order valence-electron chi connectivity index (χ3n) is 6.01. The number of carbonyl (C=O) groups excluding carboxylic acids is 1. The van der Waals surface area contributed by atoms with E-state index in [9.17, 15) is 4.79 Å². The molecule has 0 spiro atoms. The van der Waals surface area contributed by atoms with E-state index in [0.29, 0.717) is 19.0 Å². The van der Waals surface area contributed by atoms with Crippen LogP contribution in [0.1, 0.15) is 66.4 Å². The van der Waals surface area contributed by atoms with Gasteiger partial charge in [0.05, 0.1) is 0 Å². The molecular formula is C25H29N3O. The van der Waals surface area contributed by atoms with E-state index in [1.807, 2.05) is 36.5 Å². The lowest BCUT2D eigenvalue weighted by atomic mass is 9.88. The average Bonchev–Trinajstić information content (AvgIpc) is 3.17. The van der Waals surface area contributed by atoms with Crippen LogP contribution in [0.5, 0.6) is 0 Å². The summed E-state index contributed by atoms with van der Waals surface area (Å²) in [6, 6.07) is 18.9. The Balaban J connectivity index is 1.61. The van der Waals surface area contributed by atoms with Crippen LogP contribution in [0.2, 0.25) is 0 Å². The van der Waals surface area contributed by atoms with E-state index in [1.54, 1.807) is 0 Å². The Morgan fingerprint density at radius 1 is 1.17 bits per heavy atom. The molecule has 150 valence electrons. The van der Waals surface area contributed by atoms with Crippen molar-refractivity contribution in [3.05, 3.63) is 89.0 Å². The Bertz CT molecular complexity index is 977. The number of fused-ring (bicyclic) bond motifs is 1. The molecule has 0 radical (unpaired) electrons. The van der Waals surface area contributed by atoms with Gasteiger partial charge in [0.15, 0.2) is 0 Å². The molecule has 2 aromatic carbocycles. The Morgan fingerprint density at radius 2 is 1.93 bits per heavy atom. The number of nitrogens with zero attached hydrogens (tertiary/aromatic N) is 2. The minimum atomic E-state index is 0.00812. The lowest BCUT2D eigenvalue weighted by molar-refractivity contribution is -0.121. The van der Waals surface area contributed by atoms with E-state index in [1.165, 1.54) is 17.5 Å². The summed E-state index contributed by atoms with van der Waals surface area (Å²) in [6.07, 6.45) is 5.79. The molecule has 0 saturated heterocycles. The molecule has 4 nitrogen and oxygen atoms in total.